The fourth-order valence-corrected chi connectivity index (χ4v) is 3.63. The first kappa shape index (κ1) is 30.3. The average molecular weight is 533 g/mol. The Morgan fingerprint density at radius 2 is 1.50 bits per heavy atom. The smallest absolute Gasteiger partial charge is 0.326 e. The lowest BCUT2D eigenvalue weighted by molar-refractivity contribution is -0.142. The molecule has 5 atom stereocenters. The molecule has 0 radical (unpaired) electrons. The van der Waals surface area contributed by atoms with Crippen LogP contribution in [0.4, 0.5) is 0 Å². The molecule has 1 aromatic carbocycles. The van der Waals surface area contributed by atoms with Crippen molar-refractivity contribution in [3.8, 4) is 5.75 Å². The number of carbonyl (C=O) groups excluding carboxylic acids is 3. The van der Waals surface area contributed by atoms with Gasteiger partial charge in [0.15, 0.2) is 0 Å². The molecule has 38 heavy (non-hydrogen) atoms. The van der Waals surface area contributed by atoms with Gasteiger partial charge in [-0.2, -0.15) is 0 Å². The third kappa shape index (κ3) is 9.48. The summed E-state index contributed by atoms with van der Waals surface area (Å²) in [7, 11) is 0. The highest BCUT2D eigenvalue weighted by Gasteiger charge is 2.31. The van der Waals surface area contributed by atoms with Gasteiger partial charge in [0.2, 0.25) is 17.7 Å². The molecule has 0 saturated carbocycles. The van der Waals surface area contributed by atoms with Crippen LogP contribution < -0.4 is 21.7 Å². The van der Waals surface area contributed by atoms with E-state index in [9.17, 15) is 34.5 Å². The molecule has 0 aliphatic rings. The maximum Gasteiger partial charge on any atom is 0.326 e. The molecule has 1 aromatic heterocycles. The summed E-state index contributed by atoms with van der Waals surface area (Å²) in [4.78, 5) is 57.5. The number of imidazole rings is 1. The normalized spacial score (nSPS) is 15.1. The van der Waals surface area contributed by atoms with Crippen molar-refractivity contribution in [1.82, 2.24) is 25.9 Å². The highest BCUT2D eigenvalue weighted by atomic mass is 16.4. The van der Waals surface area contributed by atoms with E-state index in [1.807, 2.05) is 13.8 Å². The van der Waals surface area contributed by atoms with Gasteiger partial charge in [-0.15, -0.1) is 0 Å². The molecule has 1 heterocycles. The van der Waals surface area contributed by atoms with Crippen LogP contribution in [0.2, 0.25) is 0 Å². The van der Waals surface area contributed by atoms with Gasteiger partial charge in [0.05, 0.1) is 12.4 Å². The second-order valence-electron chi connectivity index (χ2n) is 9.57. The fraction of sp³-hybridized carbons (Fsp3) is 0.480. The van der Waals surface area contributed by atoms with E-state index in [0.717, 1.165) is 0 Å². The van der Waals surface area contributed by atoms with Crippen LogP contribution in [-0.4, -0.2) is 79.2 Å². The summed E-state index contributed by atoms with van der Waals surface area (Å²) in [5, 5.41) is 36.4. The Morgan fingerprint density at radius 3 is 2.03 bits per heavy atom. The number of carbonyl (C=O) groups is 4. The van der Waals surface area contributed by atoms with Gasteiger partial charge in [0, 0.05) is 24.7 Å². The SMILES string of the molecule is CC(C)CC(NC(=O)C(N)C(C)O)C(=O)NC(Cc1cnc[nH]1)C(=O)NC(Cc1ccc(O)cc1)C(=O)O. The predicted octanol–water partition coefficient (Wildman–Crippen LogP) is -0.806. The highest BCUT2D eigenvalue weighted by Crippen LogP contribution is 2.12. The quantitative estimate of drug-likeness (QED) is 0.152. The second kappa shape index (κ2) is 14.1. The number of aliphatic hydroxyl groups is 1. The monoisotopic (exact) mass is 532 g/mol. The molecule has 2 aromatic rings. The van der Waals surface area contributed by atoms with Gasteiger partial charge < -0.3 is 42.0 Å². The number of aromatic hydroxyl groups is 1. The Bertz CT molecular complexity index is 1070. The molecule has 0 saturated heterocycles. The minimum atomic E-state index is -1.32. The molecule has 0 spiro atoms. The number of rotatable bonds is 14. The Balaban J connectivity index is 2.22. The summed E-state index contributed by atoms with van der Waals surface area (Å²) in [5.74, 6) is -3.44. The standard InChI is InChI=1S/C25H36N6O7/c1-13(2)8-18(30-24(36)21(26)14(3)32)22(34)29-19(10-16-11-27-12-28-16)23(35)31-20(25(37)38)9-15-4-6-17(33)7-5-15/h4-7,11-14,18-21,32-33H,8-10,26H2,1-3H3,(H,27,28)(H,29,34)(H,30,36)(H,31,35)(H,37,38). The van der Waals surface area contributed by atoms with Crippen molar-refractivity contribution in [1.29, 1.82) is 0 Å². The molecule has 5 unspecified atom stereocenters. The van der Waals surface area contributed by atoms with Gasteiger partial charge in [-0.05, 0) is 37.0 Å². The van der Waals surface area contributed by atoms with Crippen molar-refractivity contribution in [3.63, 3.8) is 0 Å². The summed E-state index contributed by atoms with van der Waals surface area (Å²) in [6.07, 6.45) is 1.86. The van der Waals surface area contributed by atoms with Gasteiger partial charge in [-0.3, -0.25) is 14.4 Å². The van der Waals surface area contributed by atoms with Gasteiger partial charge in [0.1, 0.15) is 29.9 Å². The van der Waals surface area contributed by atoms with E-state index in [0.29, 0.717) is 11.3 Å². The fourth-order valence-electron chi connectivity index (χ4n) is 3.63. The van der Waals surface area contributed by atoms with Crippen molar-refractivity contribution in [2.75, 3.05) is 0 Å². The van der Waals surface area contributed by atoms with E-state index in [-0.39, 0.29) is 30.9 Å². The Hall–Kier alpha value is -3.97. The van der Waals surface area contributed by atoms with Crippen molar-refractivity contribution in [3.05, 3.63) is 48.0 Å². The number of amides is 3. The highest BCUT2D eigenvalue weighted by molar-refractivity contribution is 5.94. The van der Waals surface area contributed by atoms with Crippen LogP contribution in [-0.2, 0) is 32.0 Å². The summed E-state index contributed by atoms with van der Waals surface area (Å²) in [6.45, 7) is 5.04. The van der Waals surface area contributed by atoms with E-state index in [1.54, 1.807) is 12.1 Å². The lowest BCUT2D eigenvalue weighted by atomic mass is 10.0. The van der Waals surface area contributed by atoms with Crippen LogP contribution in [0.25, 0.3) is 0 Å². The molecule has 9 N–H and O–H groups in total. The zero-order valence-electron chi connectivity index (χ0n) is 21.5. The number of phenols is 1. The van der Waals surface area contributed by atoms with E-state index >= 15 is 0 Å². The molecular weight excluding hydrogens is 496 g/mol. The zero-order valence-corrected chi connectivity index (χ0v) is 21.5. The summed E-state index contributed by atoms with van der Waals surface area (Å²) in [6, 6.07) is 1.06. The molecule has 0 aliphatic heterocycles. The third-order valence-corrected chi connectivity index (χ3v) is 5.77. The number of H-pyrrole nitrogens is 1. The molecule has 208 valence electrons. The van der Waals surface area contributed by atoms with E-state index in [1.165, 1.54) is 31.6 Å². The number of phenolic OH excluding ortho intramolecular Hbond substituents is 1. The first-order valence-electron chi connectivity index (χ1n) is 12.2. The first-order chi connectivity index (χ1) is 17.9. The summed E-state index contributed by atoms with van der Waals surface area (Å²) in [5.41, 5.74) is 6.77. The number of nitrogens with one attached hydrogen (secondary N) is 4. The van der Waals surface area contributed by atoms with Crippen molar-refractivity contribution < 1.29 is 34.5 Å². The molecule has 0 aliphatic carbocycles. The van der Waals surface area contributed by atoms with Crippen LogP contribution >= 0.6 is 0 Å². The minimum Gasteiger partial charge on any atom is -0.508 e. The van der Waals surface area contributed by atoms with Gasteiger partial charge in [-0.25, -0.2) is 9.78 Å². The molecule has 3 amide bonds. The Kier molecular flexibility index (Phi) is 11.2. The topological polar surface area (TPSA) is 220 Å². The largest absolute Gasteiger partial charge is 0.508 e. The maximum absolute atomic E-state index is 13.2. The number of nitrogens with zero attached hydrogens (tertiary/aromatic N) is 1. The van der Waals surface area contributed by atoms with Crippen LogP contribution in [0.15, 0.2) is 36.8 Å². The van der Waals surface area contributed by atoms with Crippen LogP contribution in [0.1, 0.15) is 38.4 Å². The van der Waals surface area contributed by atoms with Crippen molar-refractivity contribution >= 4 is 23.7 Å². The third-order valence-electron chi connectivity index (χ3n) is 5.77. The van der Waals surface area contributed by atoms with E-state index < -0.39 is 54.0 Å². The van der Waals surface area contributed by atoms with E-state index in [4.69, 9.17) is 5.73 Å². The minimum absolute atomic E-state index is 0.0180. The molecule has 2 rings (SSSR count). The molecule has 13 nitrogen and oxygen atoms in total. The van der Waals surface area contributed by atoms with Crippen molar-refractivity contribution in [2.45, 2.75) is 70.3 Å². The summed E-state index contributed by atoms with van der Waals surface area (Å²) >= 11 is 0. The maximum atomic E-state index is 13.2. The number of aliphatic carboxylic acids is 1. The molecule has 0 bridgehead atoms. The lowest BCUT2D eigenvalue weighted by Crippen LogP contribution is -2.58. The van der Waals surface area contributed by atoms with Gasteiger partial charge in [0.25, 0.3) is 0 Å². The number of aliphatic hydroxyl groups excluding tert-OH is 1. The summed E-state index contributed by atoms with van der Waals surface area (Å²) < 4.78 is 0. The van der Waals surface area contributed by atoms with Crippen molar-refractivity contribution in [2.24, 2.45) is 11.7 Å². The number of hydrogen-bond acceptors (Lipinski definition) is 8. The predicted molar refractivity (Wildman–Crippen MR) is 137 cm³/mol. The lowest BCUT2D eigenvalue weighted by Gasteiger charge is -2.26. The molecular formula is C25H36N6O7. The number of benzene rings is 1. The number of carboxylic acid groups (broad SMARTS) is 1. The molecule has 0 fully saturated rings. The average Bonchev–Trinajstić information content (AvgIpc) is 3.36. The van der Waals surface area contributed by atoms with Gasteiger partial charge >= 0.3 is 5.97 Å². The number of hydrogen-bond donors (Lipinski definition) is 8. The number of aromatic nitrogens is 2. The number of aromatic amines is 1. The molecule has 13 heteroatoms. The number of nitrogens with two attached hydrogens (primary N) is 1. The zero-order chi connectivity index (χ0) is 28.4. The first-order valence-corrected chi connectivity index (χ1v) is 12.2. The number of carboxylic acids is 1. The van der Waals surface area contributed by atoms with Crippen LogP contribution in [0.5, 0.6) is 5.75 Å². The Labute approximate surface area is 220 Å². The van der Waals surface area contributed by atoms with Crippen LogP contribution in [0, 0.1) is 5.92 Å². The second-order valence-corrected chi connectivity index (χ2v) is 9.57. The Morgan fingerprint density at radius 1 is 0.921 bits per heavy atom. The van der Waals surface area contributed by atoms with E-state index in [2.05, 4.69) is 25.9 Å². The van der Waals surface area contributed by atoms with Crippen LogP contribution in [0.3, 0.4) is 0 Å². The van der Waals surface area contributed by atoms with Gasteiger partial charge in [-0.1, -0.05) is 26.0 Å².